The van der Waals surface area contributed by atoms with Crippen LogP contribution in [-0.4, -0.2) is 5.91 Å². The summed E-state index contributed by atoms with van der Waals surface area (Å²) in [5.74, 6) is -1.06. The van der Waals surface area contributed by atoms with Gasteiger partial charge in [-0.1, -0.05) is 0 Å². The maximum absolute atomic E-state index is 13.8. The minimum Gasteiger partial charge on any atom is -0.308 e. The van der Waals surface area contributed by atoms with Crippen molar-refractivity contribution in [2.75, 3.05) is 4.90 Å². The van der Waals surface area contributed by atoms with Gasteiger partial charge in [-0.3, -0.25) is 4.79 Å². The predicted octanol–water partition coefficient (Wildman–Crippen LogP) is 4.05. The molecule has 0 fully saturated rings. The largest absolute Gasteiger partial charge is 0.308 e. The van der Waals surface area contributed by atoms with Crippen LogP contribution in [-0.2, 0) is 17.8 Å². The lowest BCUT2D eigenvalue weighted by atomic mass is 10.0. The van der Waals surface area contributed by atoms with Crippen LogP contribution in [0.5, 0.6) is 0 Å². The van der Waals surface area contributed by atoms with Crippen molar-refractivity contribution < 1.29 is 13.6 Å². The van der Waals surface area contributed by atoms with Crippen LogP contribution in [0.3, 0.4) is 0 Å². The van der Waals surface area contributed by atoms with E-state index in [9.17, 15) is 13.6 Å². The molecule has 1 aliphatic heterocycles. The van der Waals surface area contributed by atoms with Crippen molar-refractivity contribution in [3.8, 4) is 0 Å². The molecule has 3 rings (SSSR count). The van der Waals surface area contributed by atoms with Gasteiger partial charge >= 0.3 is 0 Å². The van der Waals surface area contributed by atoms with E-state index in [1.54, 1.807) is 0 Å². The molecule has 0 saturated carbocycles. The third-order valence-corrected chi connectivity index (χ3v) is 4.25. The van der Waals surface area contributed by atoms with E-state index in [0.29, 0.717) is 12.8 Å². The van der Waals surface area contributed by atoms with Gasteiger partial charge in [-0.15, -0.1) is 0 Å². The number of benzene rings is 2. The van der Waals surface area contributed by atoms with E-state index in [2.05, 4.69) is 22.6 Å². The second-order valence-corrected chi connectivity index (χ2v) is 6.23. The number of aryl methyl sites for hydroxylation is 1. The highest BCUT2D eigenvalue weighted by Gasteiger charge is 2.25. The summed E-state index contributed by atoms with van der Waals surface area (Å²) >= 11 is 2.22. The number of fused-ring (bicyclic) bond motifs is 1. The van der Waals surface area contributed by atoms with Crippen LogP contribution in [0.25, 0.3) is 0 Å². The molecule has 2 aromatic rings. The average molecular weight is 399 g/mol. The molecule has 0 bridgehead atoms. The van der Waals surface area contributed by atoms with Gasteiger partial charge in [0.15, 0.2) is 0 Å². The minimum absolute atomic E-state index is 0.0516. The molecule has 2 nitrogen and oxygen atoms in total. The quantitative estimate of drug-likeness (QED) is 0.698. The molecular formula is C16H12F2INO. The number of carbonyl (C=O) groups is 1. The second kappa shape index (κ2) is 5.71. The summed E-state index contributed by atoms with van der Waals surface area (Å²) in [5, 5.41) is 0. The molecule has 1 amide bonds. The summed E-state index contributed by atoms with van der Waals surface area (Å²) in [4.78, 5) is 13.7. The molecule has 1 heterocycles. The lowest BCUT2D eigenvalue weighted by Crippen LogP contribution is -2.34. The molecule has 0 spiro atoms. The molecular weight excluding hydrogens is 387 g/mol. The fourth-order valence-electron chi connectivity index (χ4n) is 2.54. The molecule has 2 aromatic carbocycles. The lowest BCUT2D eigenvalue weighted by molar-refractivity contribution is -0.119. The molecule has 0 aliphatic carbocycles. The Morgan fingerprint density at radius 1 is 1.10 bits per heavy atom. The van der Waals surface area contributed by atoms with Crippen molar-refractivity contribution in [3.05, 3.63) is 62.7 Å². The van der Waals surface area contributed by atoms with Gasteiger partial charge < -0.3 is 4.90 Å². The topological polar surface area (TPSA) is 20.3 Å². The highest BCUT2D eigenvalue weighted by Crippen LogP contribution is 2.31. The maximum Gasteiger partial charge on any atom is 0.227 e. The standard InChI is InChI=1S/C16H12F2INO/c17-12-2-4-14(18)11(7-12)9-20-15-5-3-13(19)8-10(15)1-6-16(20)21/h2-5,7-8H,1,6,9H2. The molecule has 0 atom stereocenters. The third kappa shape index (κ3) is 2.92. The normalized spacial score (nSPS) is 14.2. The second-order valence-electron chi connectivity index (χ2n) is 4.99. The van der Waals surface area contributed by atoms with Gasteiger partial charge in [0.05, 0.1) is 6.54 Å². The number of rotatable bonds is 2. The highest BCUT2D eigenvalue weighted by molar-refractivity contribution is 14.1. The van der Waals surface area contributed by atoms with Gasteiger partial charge in [-0.05, 0) is 71.0 Å². The van der Waals surface area contributed by atoms with Gasteiger partial charge in [-0.25, -0.2) is 8.78 Å². The molecule has 1 aliphatic rings. The van der Waals surface area contributed by atoms with Crippen LogP contribution in [0, 0.1) is 15.2 Å². The van der Waals surface area contributed by atoms with E-state index in [-0.39, 0.29) is 18.0 Å². The number of anilines is 1. The van der Waals surface area contributed by atoms with E-state index < -0.39 is 11.6 Å². The van der Waals surface area contributed by atoms with Crippen LogP contribution < -0.4 is 4.90 Å². The predicted molar refractivity (Wildman–Crippen MR) is 85.0 cm³/mol. The lowest BCUT2D eigenvalue weighted by Gasteiger charge is -2.29. The number of halogens is 3. The molecule has 108 valence electrons. The van der Waals surface area contributed by atoms with E-state index in [1.165, 1.54) is 4.90 Å². The summed E-state index contributed by atoms with van der Waals surface area (Å²) in [6.45, 7) is 0.0516. The fourth-order valence-corrected chi connectivity index (χ4v) is 3.09. The van der Waals surface area contributed by atoms with Crippen molar-refractivity contribution in [2.24, 2.45) is 0 Å². The van der Waals surface area contributed by atoms with Gasteiger partial charge in [-0.2, -0.15) is 0 Å². The Morgan fingerprint density at radius 2 is 1.90 bits per heavy atom. The summed E-state index contributed by atoms with van der Waals surface area (Å²) < 4.78 is 28.2. The van der Waals surface area contributed by atoms with Crippen molar-refractivity contribution >= 4 is 34.2 Å². The Labute approximate surface area is 134 Å². The van der Waals surface area contributed by atoms with Crippen LogP contribution in [0.2, 0.25) is 0 Å². The Balaban J connectivity index is 1.98. The van der Waals surface area contributed by atoms with E-state index in [4.69, 9.17) is 0 Å². The summed E-state index contributed by atoms with van der Waals surface area (Å²) in [6, 6.07) is 9.11. The Hall–Kier alpha value is -1.50. The van der Waals surface area contributed by atoms with Crippen molar-refractivity contribution in [1.29, 1.82) is 0 Å². The average Bonchev–Trinajstić information content (AvgIpc) is 2.45. The molecule has 5 heteroatoms. The first-order valence-corrected chi connectivity index (χ1v) is 7.65. The van der Waals surface area contributed by atoms with Crippen molar-refractivity contribution in [1.82, 2.24) is 0 Å². The molecule has 0 unspecified atom stereocenters. The molecule has 21 heavy (non-hydrogen) atoms. The zero-order valence-corrected chi connectivity index (χ0v) is 13.2. The zero-order valence-electron chi connectivity index (χ0n) is 11.1. The zero-order chi connectivity index (χ0) is 15.0. The number of hydrogen-bond donors (Lipinski definition) is 0. The summed E-state index contributed by atoms with van der Waals surface area (Å²) in [7, 11) is 0. The SMILES string of the molecule is O=C1CCc2cc(I)ccc2N1Cc1cc(F)ccc1F. The molecule has 0 saturated heterocycles. The number of carbonyl (C=O) groups excluding carboxylic acids is 1. The maximum atomic E-state index is 13.8. The first kappa shape index (κ1) is 14.4. The third-order valence-electron chi connectivity index (χ3n) is 3.58. The van der Waals surface area contributed by atoms with Crippen LogP contribution >= 0.6 is 22.6 Å². The van der Waals surface area contributed by atoms with Crippen molar-refractivity contribution in [3.63, 3.8) is 0 Å². The number of amides is 1. The highest BCUT2D eigenvalue weighted by atomic mass is 127. The van der Waals surface area contributed by atoms with E-state index in [0.717, 1.165) is 33.0 Å². The monoisotopic (exact) mass is 399 g/mol. The van der Waals surface area contributed by atoms with Crippen LogP contribution in [0.4, 0.5) is 14.5 Å². The van der Waals surface area contributed by atoms with E-state index >= 15 is 0 Å². The molecule has 0 N–H and O–H groups in total. The van der Waals surface area contributed by atoms with E-state index in [1.807, 2.05) is 18.2 Å². The number of hydrogen-bond acceptors (Lipinski definition) is 1. The first-order valence-electron chi connectivity index (χ1n) is 6.57. The summed E-state index contributed by atoms with van der Waals surface area (Å²) in [6.07, 6.45) is 1.08. The van der Waals surface area contributed by atoms with Gasteiger partial charge in [0, 0.05) is 21.2 Å². The van der Waals surface area contributed by atoms with Crippen LogP contribution in [0.1, 0.15) is 17.5 Å². The Bertz CT molecular complexity index is 717. The van der Waals surface area contributed by atoms with Gasteiger partial charge in [0.1, 0.15) is 11.6 Å². The van der Waals surface area contributed by atoms with Gasteiger partial charge in [0.2, 0.25) is 5.91 Å². The molecule has 0 aromatic heterocycles. The smallest absolute Gasteiger partial charge is 0.227 e. The minimum atomic E-state index is -0.501. The van der Waals surface area contributed by atoms with Gasteiger partial charge in [0.25, 0.3) is 0 Å². The van der Waals surface area contributed by atoms with Crippen LogP contribution in [0.15, 0.2) is 36.4 Å². The first-order chi connectivity index (χ1) is 10.0. The fraction of sp³-hybridized carbons (Fsp3) is 0.188. The Kier molecular flexibility index (Phi) is 3.93. The number of nitrogens with zero attached hydrogens (tertiary/aromatic N) is 1. The van der Waals surface area contributed by atoms with Crippen molar-refractivity contribution in [2.45, 2.75) is 19.4 Å². The summed E-state index contributed by atoms with van der Waals surface area (Å²) in [5.41, 5.74) is 2.04. The molecule has 0 radical (unpaired) electrons. The Morgan fingerprint density at radius 3 is 2.71 bits per heavy atom.